The van der Waals surface area contributed by atoms with E-state index in [4.69, 9.17) is 5.73 Å². The Labute approximate surface area is 102 Å². The van der Waals surface area contributed by atoms with Gasteiger partial charge in [-0.15, -0.1) is 12.4 Å². The van der Waals surface area contributed by atoms with Crippen molar-refractivity contribution in [1.82, 2.24) is 0 Å². The molecular weight excluding hydrogens is 230 g/mol. The van der Waals surface area contributed by atoms with E-state index >= 15 is 0 Å². The number of nitrogens with two attached hydrogens (primary N) is 1. The SMILES string of the molecule is COC(=O)[C@](C)(N)Cc1ccccc1.Cl.O. The van der Waals surface area contributed by atoms with E-state index in [0.29, 0.717) is 6.42 Å². The molecule has 0 radical (unpaired) electrons. The summed E-state index contributed by atoms with van der Waals surface area (Å²) in [6.07, 6.45) is 0.487. The van der Waals surface area contributed by atoms with Crippen LogP contribution in [0.15, 0.2) is 30.3 Å². The van der Waals surface area contributed by atoms with Crippen molar-refractivity contribution in [3.63, 3.8) is 0 Å². The van der Waals surface area contributed by atoms with Crippen LogP contribution < -0.4 is 5.73 Å². The second-order valence-electron chi connectivity index (χ2n) is 3.57. The summed E-state index contributed by atoms with van der Waals surface area (Å²) >= 11 is 0. The number of methoxy groups -OCH3 is 1. The highest BCUT2D eigenvalue weighted by molar-refractivity contribution is 5.85. The molecule has 1 aromatic carbocycles. The minimum atomic E-state index is -0.948. The van der Waals surface area contributed by atoms with Gasteiger partial charge in [0.15, 0.2) is 0 Å². The van der Waals surface area contributed by atoms with Gasteiger partial charge in [0, 0.05) is 6.42 Å². The third kappa shape index (κ3) is 4.61. The average molecular weight is 248 g/mol. The van der Waals surface area contributed by atoms with Gasteiger partial charge in [-0.1, -0.05) is 30.3 Å². The van der Waals surface area contributed by atoms with E-state index in [2.05, 4.69) is 4.74 Å². The molecular formula is C11H18ClNO3. The number of halogens is 1. The lowest BCUT2D eigenvalue weighted by Crippen LogP contribution is -2.47. The summed E-state index contributed by atoms with van der Waals surface area (Å²) < 4.78 is 4.62. The Morgan fingerprint density at radius 2 is 1.88 bits per heavy atom. The van der Waals surface area contributed by atoms with Crippen molar-refractivity contribution < 1.29 is 15.0 Å². The molecule has 0 aliphatic carbocycles. The zero-order chi connectivity index (χ0) is 10.6. The Kier molecular flexibility index (Phi) is 7.81. The maximum atomic E-state index is 11.3. The highest BCUT2D eigenvalue weighted by Gasteiger charge is 2.29. The molecule has 0 fully saturated rings. The summed E-state index contributed by atoms with van der Waals surface area (Å²) in [5.41, 5.74) is 5.91. The third-order valence-electron chi connectivity index (χ3n) is 2.07. The van der Waals surface area contributed by atoms with E-state index < -0.39 is 5.54 Å². The van der Waals surface area contributed by atoms with Gasteiger partial charge < -0.3 is 15.9 Å². The van der Waals surface area contributed by atoms with Crippen LogP contribution in [0, 0.1) is 0 Å². The molecule has 0 aromatic heterocycles. The van der Waals surface area contributed by atoms with Crippen molar-refractivity contribution in [2.24, 2.45) is 5.73 Å². The van der Waals surface area contributed by atoms with Crippen molar-refractivity contribution in [3.05, 3.63) is 35.9 Å². The van der Waals surface area contributed by atoms with Crippen LogP contribution in [0.4, 0.5) is 0 Å². The van der Waals surface area contributed by atoms with Crippen molar-refractivity contribution in [2.75, 3.05) is 7.11 Å². The van der Waals surface area contributed by atoms with Gasteiger partial charge in [-0.25, -0.2) is 0 Å². The van der Waals surface area contributed by atoms with E-state index in [9.17, 15) is 4.79 Å². The molecule has 16 heavy (non-hydrogen) atoms. The number of ether oxygens (including phenoxy) is 1. The molecule has 4 nitrogen and oxygen atoms in total. The molecule has 92 valence electrons. The van der Waals surface area contributed by atoms with Gasteiger partial charge in [-0.3, -0.25) is 4.79 Å². The van der Waals surface area contributed by atoms with Crippen LogP contribution in [0.2, 0.25) is 0 Å². The van der Waals surface area contributed by atoms with Crippen LogP contribution >= 0.6 is 12.4 Å². The fourth-order valence-electron chi connectivity index (χ4n) is 1.33. The van der Waals surface area contributed by atoms with Crippen molar-refractivity contribution in [1.29, 1.82) is 0 Å². The van der Waals surface area contributed by atoms with E-state index in [-0.39, 0.29) is 23.9 Å². The number of hydrogen-bond acceptors (Lipinski definition) is 3. The molecule has 5 heteroatoms. The summed E-state index contributed by atoms with van der Waals surface area (Å²) in [5, 5.41) is 0. The molecule has 0 heterocycles. The molecule has 0 aliphatic rings. The first-order chi connectivity index (χ1) is 6.56. The number of benzene rings is 1. The van der Waals surface area contributed by atoms with E-state index in [0.717, 1.165) is 5.56 Å². The largest absolute Gasteiger partial charge is 0.468 e. The first kappa shape index (κ1) is 17.3. The highest BCUT2D eigenvalue weighted by atomic mass is 35.5. The monoisotopic (exact) mass is 247 g/mol. The van der Waals surface area contributed by atoms with Gasteiger partial charge in [0.25, 0.3) is 0 Å². The molecule has 0 aliphatic heterocycles. The first-order valence-electron chi connectivity index (χ1n) is 4.47. The van der Waals surface area contributed by atoms with E-state index in [1.54, 1.807) is 6.92 Å². The average Bonchev–Trinajstić information content (AvgIpc) is 2.17. The molecule has 0 bridgehead atoms. The Morgan fingerprint density at radius 3 is 2.31 bits per heavy atom. The number of carbonyl (C=O) groups is 1. The standard InChI is InChI=1S/C11H15NO2.ClH.H2O/c1-11(12,10(13)14-2)8-9-6-4-3-5-7-9;;/h3-7H,8,12H2,1-2H3;1H;1H2/t11-;;/m1../s1. The highest BCUT2D eigenvalue weighted by Crippen LogP contribution is 2.11. The number of esters is 1. The summed E-state index contributed by atoms with van der Waals surface area (Å²) in [6, 6.07) is 9.64. The molecule has 0 amide bonds. The van der Waals surface area contributed by atoms with Crippen molar-refractivity contribution in [3.8, 4) is 0 Å². The van der Waals surface area contributed by atoms with Gasteiger partial charge in [0.1, 0.15) is 5.54 Å². The van der Waals surface area contributed by atoms with Crippen LogP contribution in [-0.2, 0) is 16.0 Å². The lowest BCUT2D eigenvalue weighted by atomic mass is 9.94. The molecule has 0 unspecified atom stereocenters. The van der Waals surface area contributed by atoms with Crippen LogP contribution in [0.25, 0.3) is 0 Å². The topological polar surface area (TPSA) is 83.8 Å². The lowest BCUT2D eigenvalue weighted by Gasteiger charge is -2.21. The quantitative estimate of drug-likeness (QED) is 0.799. The van der Waals surface area contributed by atoms with E-state index in [1.807, 2.05) is 30.3 Å². The molecule has 1 aromatic rings. The second kappa shape index (κ2) is 7.22. The molecule has 1 rings (SSSR count). The normalized spacial score (nSPS) is 12.7. The zero-order valence-electron chi connectivity index (χ0n) is 9.40. The van der Waals surface area contributed by atoms with Gasteiger partial charge in [0.05, 0.1) is 7.11 Å². The van der Waals surface area contributed by atoms with Gasteiger partial charge in [-0.05, 0) is 12.5 Å². The lowest BCUT2D eigenvalue weighted by molar-refractivity contribution is -0.146. The Balaban J connectivity index is 0. The maximum absolute atomic E-state index is 11.3. The van der Waals surface area contributed by atoms with Gasteiger partial charge in [0.2, 0.25) is 0 Å². The number of carbonyl (C=O) groups excluding carboxylic acids is 1. The smallest absolute Gasteiger partial charge is 0.325 e. The molecule has 0 saturated heterocycles. The summed E-state index contributed by atoms with van der Waals surface area (Å²) in [6.45, 7) is 1.67. The zero-order valence-corrected chi connectivity index (χ0v) is 10.2. The molecule has 0 saturated carbocycles. The van der Waals surface area contributed by atoms with Gasteiger partial charge in [-0.2, -0.15) is 0 Å². The fourth-order valence-corrected chi connectivity index (χ4v) is 1.33. The minimum Gasteiger partial charge on any atom is -0.468 e. The summed E-state index contributed by atoms with van der Waals surface area (Å²) in [4.78, 5) is 11.3. The molecule has 1 atom stereocenters. The molecule has 4 N–H and O–H groups in total. The van der Waals surface area contributed by atoms with Crippen molar-refractivity contribution >= 4 is 18.4 Å². The Morgan fingerprint density at radius 1 is 1.38 bits per heavy atom. The van der Waals surface area contributed by atoms with Crippen LogP contribution in [-0.4, -0.2) is 24.1 Å². The van der Waals surface area contributed by atoms with Crippen LogP contribution in [0.5, 0.6) is 0 Å². The maximum Gasteiger partial charge on any atom is 0.325 e. The van der Waals surface area contributed by atoms with E-state index in [1.165, 1.54) is 7.11 Å². The molecule has 0 spiro atoms. The van der Waals surface area contributed by atoms with Crippen LogP contribution in [0.3, 0.4) is 0 Å². The Bertz CT molecular complexity index is 314. The second-order valence-corrected chi connectivity index (χ2v) is 3.57. The van der Waals surface area contributed by atoms with Crippen LogP contribution in [0.1, 0.15) is 12.5 Å². The summed E-state index contributed by atoms with van der Waals surface area (Å²) in [7, 11) is 1.35. The fraction of sp³-hybridized carbons (Fsp3) is 0.364. The predicted octanol–water partition coefficient (Wildman–Crippen LogP) is 0.717. The third-order valence-corrected chi connectivity index (χ3v) is 2.07. The Hall–Kier alpha value is -1.10. The van der Waals surface area contributed by atoms with Crippen molar-refractivity contribution in [2.45, 2.75) is 18.9 Å². The summed E-state index contributed by atoms with van der Waals surface area (Å²) in [5.74, 6) is -0.388. The number of rotatable bonds is 3. The first-order valence-corrected chi connectivity index (χ1v) is 4.47. The minimum absolute atomic E-state index is 0. The van der Waals surface area contributed by atoms with Gasteiger partial charge >= 0.3 is 5.97 Å². The predicted molar refractivity (Wildman–Crippen MR) is 65.6 cm³/mol. The number of hydrogen-bond donors (Lipinski definition) is 1.